The zero-order valence-electron chi connectivity index (χ0n) is 10.7. The van der Waals surface area contributed by atoms with E-state index in [1.807, 2.05) is 20.8 Å². The lowest BCUT2D eigenvalue weighted by Crippen LogP contribution is -2.42. The molecular weight excluding hydrogens is 222 g/mol. The number of amides is 2. The number of hydrazine groups is 1. The van der Waals surface area contributed by atoms with E-state index in [0.29, 0.717) is 6.54 Å². The van der Waals surface area contributed by atoms with Crippen LogP contribution in [0.2, 0.25) is 0 Å². The van der Waals surface area contributed by atoms with Gasteiger partial charge in [0.15, 0.2) is 0 Å². The van der Waals surface area contributed by atoms with E-state index in [2.05, 4.69) is 5.43 Å². The highest BCUT2D eigenvalue weighted by molar-refractivity contribution is 5.77. The summed E-state index contributed by atoms with van der Waals surface area (Å²) >= 11 is 0. The molecule has 0 aromatic rings. The fraction of sp³-hybridized carbons (Fsp3) is 0.818. The van der Waals surface area contributed by atoms with Gasteiger partial charge in [-0.15, -0.1) is 0 Å². The Bertz CT molecular complexity index is 299. The lowest BCUT2D eigenvalue weighted by atomic mass is 10.1. The van der Waals surface area contributed by atoms with Crippen LogP contribution in [-0.2, 0) is 9.53 Å². The SMILES string of the molecule is CC(C)(C)OC(=O)N1CCC[C@H]1CC(=O)NN. The van der Waals surface area contributed by atoms with Crippen molar-refractivity contribution in [1.82, 2.24) is 10.3 Å². The monoisotopic (exact) mass is 243 g/mol. The second-order valence-electron chi connectivity index (χ2n) is 5.24. The molecule has 0 spiro atoms. The lowest BCUT2D eigenvalue weighted by molar-refractivity contribution is -0.122. The number of hydrogen-bond acceptors (Lipinski definition) is 4. The normalized spacial score (nSPS) is 20.2. The maximum atomic E-state index is 11.9. The number of likely N-dealkylation sites (tertiary alicyclic amines) is 1. The second kappa shape index (κ2) is 5.35. The van der Waals surface area contributed by atoms with Crippen LogP contribution in [0.5, 0.6) is 0 Å². The molecule has 17 heavy (non-hydrogen) atoms. The van der Waals surface area contributed by atoms with E-state index in [1.165, 1.54) is 0 Å². The smallest absolute Gasteiger partial charge is 0.410 e. The van der Waals surface area contributed by atoms with Crippen molar-refractivity contribution in [3.63, 3.8) is 0 Å². The van der Waals surface area contributed by atoms with Gasteiger partial charge in [0.1, 0.15) is 5.60 Å². The van der Waals surface area contributed by atoms with E-state index in [4.69, 9.17) is 10.6 Å². The van der Waals surface area contributed by atoms with E-state index in [-0.39, 0.29) is 24.5 Å². The molecule has 6 nitrogen and oxygen atoms in total. The molecule has 0 bridgehead atoms. The first-order valence-electron chi connectivity index (χ1n) is 5.82. The van der Waals surface area contributed by atoms with Gasteiger partial charge in [-0.05, 0) is 33.6 Å². The highest BCUT2D eigenvalue weighted by Gasteiger charge is 2.33. The van der Waals surface area contributed by atoms with E-state index in [9.17, 15) is 9.59 Å². The molecule has 1 saturated heterocycles. The van der Waals surface area contributed by atoms with Crippen molar-refractivity contribution in [2.45, 2.75) is 51.7 Å². The number of hydrogen-bond donors (Lipinski definition) is 2. The van der Waals surface area contributed by atoms with E-state index in [0.717, 1.165) is 12.8 Å². The molecule has 0 aromatic carbocycles. The third kappa shape index (κ3) is 4.22. The van der Waals surface area contributed by atoms with Gasteiger partial charge >= 0.3 is 6.09 Å². The van der Waals surface area contributed by atoms with Crippen LogP contribution in [0.25, 0.3) is 0 Å². The Labute approximate surface area is 101 Å². The number of nitrogens with zero attached hydrogens (tertiary/aromatic N) is 1. The van der Waals surface area contributed by atoms with Crippen LogP contribution in [0, 0.1) is 0 Å². The van der Waals surface area contributed by atoms with Crippen molar-refractivity contribution < 1.29 is 14.3 Å². The summed E-state index contributed by atoms with van der Waals surface area (Å²) < 4.78 is 5.29. The van der Waals surface area contributed by atoms with Gasteiger partial charge in [-0.25, -0.2) is 10.6 Å². The number of carbonyl (C=O) groups excluding carboxylic acids is 2. The molecule has 1 heterocycles. The Morgan fingerprint density at radius 2 is 2.12 bits per heavy atom. The van der Waals surface area contributed by atoms with Crippen molar-refractivity contribution in [3.05, 3.63) is 0 Å². The van der Waals surface area contributed by atoms with Gasteiger partial charge < -0.3 is 9.64 Å². The van der Waals surface area contributed by atoms with Gasteiger partial charge in [-0.2, -0.15) is 0 Å². The van der Waals surface area contributed by atoms with Gasteiger partial charge in [0.05, 0.1) is 0 Å². The molecule has 1 aliphatic rings. The Hall–Kier alpha value is -1.30. The second-order valence-corrected chi connectivity index (χ2v) is 5.24. The number of nitrogens with two attached hydrogens (primary N) is 1. The Kier molecular flexibility index (Phi) is 4.34. The van der Waals surface area contributed by atoms with Crippen LogP contribution in [0.3, 0.4) is 0 Å². The number of ether oxygens (including phenoxy) is 1. The molecule has 0 saturated carbocycles. The Morgan fingerprint density at radius 3 is 2.65 bits per heavy atom. The van der Waals surface area contributed by atoms with Crippen LogP contribution < -0.4 is 11.3 Å². The molecule has 0 aromatic heterocycles. The van der Waals surface area contributed by atoms with E-state index in [1.54, 1.807) is 4.90 Å². The molecule has 3 N–H and O–H groups in total. The quantitative estimate of drug-likeness (QED) is 0.426. The fourth-order valence-electron chi connectivity index (χ4n) is 1.88. The first-order chi connectivity index (χ1) is 7.83. The molecule has 1 atom stereocenters. The molecular formula is C11H21N3O3. The highest BCUT2D eigenvalue weighted by Crippen LogP contribution is 2.22. The third-order valence-corrected chi connectivity index (χ3v) is 2.59. The first-order valence-corrected chi connectivity index (χ1v) is 5.82. The summed E-state index contributed by atoms with van der Waals surface area (Å²) in [6.45, 7) is 6.10. The minimum atomic E-state index is -0.514. The largest absolute Gasteiger partial charge is 0.444 e. The lowest BCUT2D eigenvalue weighted by Gasteiger charge is -2.28. The molecule has 1 rings (SSSR count). The zero-order chi connectivity index (χ0) is 13.1. The zero-order valence-corrected chi connectivity index (χ0v) is 10.7. The highest BCUT2D eigenvalue weighted by atomic mass is 16.6. The van der Waals surface area contributed by atoms with Crippen molar-refractivity contribution >= 4 is 12.0 Å². The summed E-state index contributed by atoms with van der Waals surface area (Å²) in [5.41, 5.74) is 1.57. The van der Waals surface area contributed by atoms with Crippen molar-refractivity contribution in [2.24, 2.45) is 5.84 Å². The van der Waals surface area contributed by atoms with E-state index < -0.39 is 5.60 Å². The predicted molar refractivity (Wildman–Crippen MR) is 62.9 cm³/mol. The summed E-state index contributed by atoms with van der Waals surface area (Å²) in [4.78, 5) is 24.7. The Balaban J connectivity index is 2.57. The molecule has 0 unspecified atom stereocenters. The minimum absolute atomic E-state index is 0.103. The summed E-state index contributed by atoms with van der Waals surface area (Å²) in [6.07, 6.45) is 1.58. The standard InChI is InChI=1S/C11H21N3O3/c1-11(2,3)17-10(16)14-6-4-5-8(14)7-9(15)13-12/h8H,4-7,12H2,1-3H3,(H,13,15)/t8-/m0/s1. The topological polar surface area (TPSA) is 84.7 Å². The van der Waals surface area contributed by atoms with Crippen LogP contribution in [0.15, 0.2) is 0 Å². The molecule has 2 amide bonds. The maximum absolute atomic E-state index is 11.9. The average Bonchev–Trinajstić information content (AvgIpc) is 2.63. The van der Waals surface area contributed by atoms with Crippen molar-refractivity contribution in [1.29, 1.82) is 0 Å². The van der Waals surface area contributed by atoms with E-state index >= 15 is 0 Å². The summed E-state index contributed by atoms with van der Waals surface area (Å²) in [7, 11) is 0. The summed E-state index contributed by atoms with van der Waals surface area (Å²) in [6, 6.07) is -0.103. The number of nitrogens with one attached hydrogen (secondary N) is 1. The summed E-state index contributed by atoms with van der Waals surface area (Å²) in [5.74, 6) is 4.78. The molecule has 1 fully saturated rings. The van der Waals surface area contributed by atoms with Gasteiger partial charge in [0, 0.05) is 19.0 Å². The average molecular weight is 243 g/mol. The van der Waals surface area contributed by atoms with Crippen LogP contribution >= 0.6 is 0 Å². The molecule has 1 aliphatic heterocycles. The third-order valence-electron chi connectivity index (χ3n) is 2.59. The van der Waals surface area contributed by atoms with Crippen molar-refractivity contribution in [3.8, 4) is 0 Å². The van der Waals surface area contributed by atoms with Crippen LogP contribution in [-0.4, -0.2) is 35.1 Å². The fourth-order valence-corrected chi connectivity index (χ4v) is 1.88. The summed E-state index contributed by atoms with van der Waals surface area (Å²) in [5, 5.41) is 0. The van der Waals surface area contributed by atoms with Crippen LogP contribution in [0.4, 0.5) is 4.79 Å². The van der Waals surface area contributed by atoms with Gasteiger partial charge in [-0.1, -0.05) is 0 Å². The number of rotatable bonds is 2. The van der Waals surface area contributed by atoms with Gasteiger partial charge in [-0.3, -0.25) is 10.2 Å². The number of carbonyl (C=O) groups is 2. The maximum Gasteiger partial charge on any atom is 0.410 e. The molecule has 6 heteroatoms. The Morgan fingerprint density at radius 1 is 1.47 bits per heavy atom. The predicted octanol–water partition coefficient (Wildman–Crippen LogP) is 0.766. The minimum Gasteiger partial charge on any atom is -0.444 e. The van der Waals surface area contributed by atoms with Crippen molar-refractivity contribution in [2.75, 3.05) is 6.54 Å². The first kappa shape index (κ1) is 13.8. The van der Waals surface area contributed by atoms with Gasteiger partial charge in [0.2, 0.25) is 5.91 Å². The molecule has 98 valence electrons. The molecule has 0 radical (unpaired) electrons. The van der Waals surface area contributed by atoms with Gasteiger partial charge in [0.25, 0.3) is 0 Å². The molecule has 0 aliphatic carbocycles. The van der Waals surface area contributed by atoms with Crippen LogP contribution in [0.1, 0.15) is 40.0 Å².